The van der Waals surface area contributed by atoms with Gasteiger partial charge in [-0.1, -0.05) is 6.07 Å². The topological polar surface area (TPSA) is 92.2 Å². The van der Waals surface area contributed by atoms with Crippen LogP contribution in [0, 0.1) is 0 Å². The van der Waals surface area contributed by atoms with Gasteiger partial charge in [-0.3, -0.25) is 14.9 Å². The number of aromatic amines is 2. The van der Waals surface area contributed by atoms with Crippen LogP contribution in [0.3, 0.4) is 0 Å². The summed E-state index contributed by atoms with van der Waals surface area (Å²) in [6, 6.07) is 16.2. The van der Waals surface area contributed by atoms with Crippen LogP contribution in [-0.4, -0.2) is 35.5 Å². The van der Waals surface area contributed by atoms with Crippen LogP contribution >= 0.6 is 0 Å². The van der Waals surface area contributed by atoms with E-state index in [0.29, 0.717) is 18.2 Å². The first-order chi connectivity index (χ1) is 16.1. The molecule has 7 heteroatoms. The van der Waals surface area contributed by atoms with Crippen LogP contribution < -0.4 is 0 Å². The summed E-state index contributed by atoms with van der Waals surface area (Å²) in [7, 11) is 0. The predicted octanol–water partition coefficient (Wildman–Crippen LogP) is 5.46. The highest BCUT2D eigenvalue weighted by Crippen LogP contribution is 2.30. The van der Waals surface area contributed by atoms with Crippen molar-refractivity contribution < 1.29 is 4.79 Å². The molecule has 4 aromatic heterocycles. The van der Waals surface area contributed by atoms with E-state index in [4.69, 9.17) is 0 Å². The van der Waals surface area contributed by atoms with E-state index in [1.165, 1.54) is 0 Å². The van der Waals surface area contributed by atoms with Crippen molar-refractivity contribution in [1.29, 1.82) is 0 Å². The van der Waals surface area contributed by atoms with Gasteiger partial charge in [-0.05, 0) is 61.9 Å². The standard InChI is InChI=1S/C26H22N6O/c1-15(2)32-14-28-22-9-16(3-4-24(22)32)10-25(33)23-12-18-11-19-21(13-20(18)29-23)30-31-26(19)17-5-7-27-8-6-17/h3-9,11-15,30-31H,10H2,1-2H3. The second-order valence-electron chi connectivity index (χ2n) is 8.63. The summed E-state index contributed by atoms with van der Waals surface area (Å²) in [6.07, 6.45) is 5.69. The summed E-state index contributed by atoms with van der Waals surface area (Å²) >= 11 is 0. The van der Waals surface area contributed by atoms with Crippen molar-refractivity contribution in [3.8, 4) is 11.3 Å². The number of ketones is 1. The molecule has 0 bridgehead atoms. The van der Waals surface area contributed by atoms with Crippen molar-refractivity contribution in [2.45, 2.75) is 26.3 Å². The number of rotatable bonds is 5. The first-order valence-corrected chi connectivity index (χ1v) is 11.0. The van der Waals surface area contributed by atoms with Gasteiger partial charge in [0.1, 0.15) is 5.69 Å². The van der Waals surface area contributed by atoms with Gasteiger partial charge in [0, 0.05) is 41.2 Å². The maximum absolute atomic E-state index is 13.0. The lowest BCUT2D eigenvalue weighted by molar-refractivity contribution is 0.0989. The van der Waals surface area contributed by atoms with E-state index in [1.807, 2.05) is 48.8 Å². The molecule has 6 rings (SSSR count). The fraction of sp³-hybridized carbons (Fsp3) is 0.154. The molecule has 0 spiro atoms. The Balaban J connectivity index is 1.32. The number of aromatic nitrogens is 6. The number of hydrogen-bond donors (Lipinski definition) is 2. The Morgan fingerprint density at radius 1 is 1.00 bits per heavy atom. The van der Waals surface area contributed by atoms with E-state index in [0.717, 1.165) is 49.7 Å². The quantitative estimate of drug-likeness (QED) is 0.352. The highest BCUT2D eigenvalue weighted by Gasteiger charge is 2.15. The molecule has 4 heterocycles. The van der Waals surface area contributed by atoms with E-state index in [-0.39, 0.29) is 5.78 Å². The normalized spacial score (nSPS) is 11.8. The number of imidazole rings is 1. The van der Waals surface area contributed by atoms with Gasteiger partial charge in [0.15, 0.2) is 5.78 Å². The predicted molar refractivity (Wildman–Crippen MR) is 129 cm³/mol. The molecule has 0 saturated heterocycles. The van der Waals surface area contributed by atoms with Gasteiger partial charge < -0.3 is 9.67 Å². The highest BCUT2D eigenvalue weighted by molar-refractivity contribution is 6.06. The zero-order chi connectivity index (χ0) is 22.5. The molecule has 0 radical (unpaired) electrons. The van der Waals surface area contributed by atoms with E-state index in [2.05, 4.69) is 49.6 Å². The maximum atomic E-state index is 13.0. The third-order valence-corrected chi connectivity index (χ3v) is 6.11. The molecule has 0 atom stereocenters. The van der Waals surface area contributed by atoms with Crippen LogP contribution in [-0.2, 0) is 6.42 Å². The van der Waals surface area contributed by atoms with E-state index in [1.54, 1.807) is 12.4 Å². The average Bonchev–Trinajstić information content (AvgIpc) is 3.53. The largest absolute Gasteiger partial charge is 0.328 e. The lowest BCUT2D eigenvalue weighted by atomic mass is 10.1. The van der Waals surface area contributed by atoms with Gasteiger partial charge in [0.2, 0.25) is 0 Å². The van der Waals surface area contributed by atoms with Gasteiger partial charge in [-0.15, -0.1) is 0 Å². The Kier molecular flexibility index (Phi) is 4.36. The molecule has 0 saturated carbocycles. The van der Waals surface area contributed by atoms with Crippen molar-refractivity contribution in [2.24, 2.45) is 0 Å². The number of H-pyrrole nitrogens is 2. The summed E-state index contributed by atoms with van der Waals surface area (Å²) in [4.78, 5) is 26.3. The van der Waals surface area contributed by atoms with E-state index >= 15 is 0 Å². The number of carbonyl (C=O) groups is 1. The molecule has 0 aliphatic heterocycles. The maximum Gasteiger partial charge on any atom is 0.185 e. The monoisotopic (exact) mass is 434 g/mol. The van der Waals surface area contributed by atoms with Crippen molar-refractivity contribution in [2.75, 3.05) is 0 Å². The van der Waals surface area contributed by atoms with Crippen LogP contribution in [0.1, 0.15) is 35.9 Å². The van der Waals surface area contributed by atoms with Gasteiger partial charge in [-0.25, -0.2) is 9.97 Å². The van der Waals surface area contributed by atoms with Gasteiger partial charge in [-0.2, -0.15) is 0 Å². The fourth-order valence-corrected chi connectivity index (χ4v) is 4.40. The van der Waals surface area contributed by atoms with Gasteiger partial charge in [0.05, 0.1) is 34.1 Å². The third kappa shape index (κ3) is 3.29. The minimum absolute atomic E-state index is 0.00146. The first kappa shape index (κ1) is 19.4. The molecule has 33 heavy (non-hydrogen) atoms. The molecule has 162 valence electrons. The minimum Gasteiger partial charge on any atom is -0.328 e. The van der Waals surface area contributed by atoms with Crippen LogP contribution in [0.15, 0.2) is 67.3 Å². The first-order valence-electron chi connectivity index (χ1n) is 11.0. The molecule has 2 N–H and O–H groups in total. The second kappa shape index (κ2) is 7.41. The Labute approximate surface area is 189 Å². The molecule has 0 unspecified atom stereocenters. The van der Waals surface area contributed by atoms with Crippen LogP contribution in [0.2, 0.25) is 0 Å². The van der Waals surface area contributed by atoms with E-state index in [9.17, 15) is 4.79 Å². The summed E-state index contributed by atoms with van der Waals surface area (Å²) in [6.45, 7) is 4.26. The van der Waals surface area contributed by atoms with Crippen LogP contribution in [0.4, 0.5) is 0 Å². The summed E-state index contributed by atoms with van der Waals surface area (Å²) in [5.74, 6) is -0.00146. The molecule has 0 aliphatic rings. The molecule has 6 aromatic rings. The smallest absolute Gasteiger partial charge is 0.185 e. The molecule has 0 amide bonds. The number of benzene rings is 2. The average molecular weight is 435 g/mol. The lowest BCUT2D eigenvalue weighted by Crippen LogP contribution is -2.04. The molecule has 0 fully saturated rings. The number of Topliss-reactive ketones (excluding diaryl/α,β-unsaturated/α-hetero) is 1. The molecule has 2 aromatic carbocycles. The zero-order valence-electron chi connectivity index (χ0n) is 18.3. The lowest BCUT2D eigenvalue weighted by Gasteiger charge is -2.08. The number of fused-ring (bicyclic) bond motifs is 3. The Morgan fingerprint density at radius 3 is 2.67 bits per heavy atom. The van der Waals surface area contributed by atoms with Crippen molar-refractivity contribution in [1.82, 2.24) is 29.7 Å². The molecule has 7 nitrogen and oxygen atoms in total. The summed E-state index contributed by atoms with van der Waals surface area (Å²) in [5.41, 5.74) is 7.18. The zero-order valence-corrected chi connectivity index (χ0v) is 18.3. The van der Waals surface area contributed by atoms with Crippen molar-refractivity contribution in [3.63, 3.8) is 0 Å². The number of nitrogens with zero attached hydrogens (tertiary/aromatic N) is 4. The van der Waals surface area contributed by atoms with Gasteiger partial charge >= 0.3 is 0 Å². The number of pyridine rings is 1. The Bertz CT molecular complexity index is 1640. The van der Waals surface area contributed by atoms with Crippen molar-refractivity contribution >= 4 is 38.6 Å². The molecular weight excluding hydrogens is 412 g/mol. The SMILES string of the molecule is CC(C)n1cnc2cc(CC(=O)c3cc4cc5c(-c6ccncc6)[nH][nH]c5cc4n3)ccc21. The van der Waals surface area contributed by atoms with Crippen molar-refractivity contribution in [3.05, 3.63) is 78.5 Å². The summed E-state index contributed by atoms with van der Waals surface area (Å²) in [5, 5.41) is 8.43. The van der Waals surface area contributed by atoms with E-state index < -0.39 is 0 Å². The van der Waals surface area contributed by atoms with Crippen LogP contribution in [0.25, 0.3) is 44.1 Å². The van der Waals surface area contributed by atoms with Gasteiger partial charge in [0.25, 0.3) is 0 Å². The van der Waals surface area contributed by atoms with Crippen LogP contribution in [0.5, 0.6) is 0 Å². The third-order valence-electron chi connectivity index (χ3n) is 6.11. The summed E-state index contributed by atoms with van der Waals surface area (Å²) < 4.78 is 2.13. The number of hydrogen-bond acceptors (Lipinski definition) is 4. The Hall–Kier alpha value is -4.26. The number of nitrogens with one attached hydrogen (secondary N) is 2. The molecule has 0 aliphatic carbocycles. The second-order valence-corrected chi connectivity index (χ2v) is 8.63. The minimum atomic E-state index is -0.00146. The molecular formula is C26H22N6O. The fourth-order valence-electron chi connectivity index (χ4n) is 4.40. The number of carbonyl (C=O) groups excluding carboxylic acids is 1. The highest BCUT2D eigenvalue weighted by atomic mass is 16.1. The Morgan fingerprint density at radius 2 is 1.85 bits per heavy atom.